The highest BCUT2D eigenvalue weighted by Gasteiger charge is 2.15. The summed E-state index contributed by atoms with van der Waals surface area (Å²) in [6.45, 7) is 2.40. The fraction of sp³-hybridized carbons (Fsp3) is 0.111. The van der Waals surface area contributed by atoms with Crippen LogP contribution in [0.4, 0.5) is 15.9 Å². The zero-order chi connectivity index (χ0) is 19.7. The third-order valence-corrected chi connectivity index (χ3v) is 4.29. The summed E-state index contributed by atoms with van der Waals surface area (Å²) in [7, 11) is 0. The van der Waals surface area contributed by atoms with Crippen LogP contribution in [0.2, 0.25) is 5.02 Å². The summed E-state index contributed by atoms with van der Waals surface area (Å²) in [6.07, 6.45) is 4.52. The second-order valence-corrected chi connectivity index (χ2v) is 6.39. The van der Waals surface area contributed by atoms with Crippen molar-refractivity contribution in [1.29, 1.82) is 0 Å². The van der Waals surface area contributed by atoms with Gasteiger partial charge < -0.3 is 15.6 Å². The molecule has 0 aliphatic rings. The quantitative estimate of drug-likeness (QED) is 0.476. The fourth-order valence-corrected chi connectivity index (χ4v) is 2.90. The zero-order valence-electron chi connectivity index (χ0n) is 14.7. The van der Waals surface area contributed by atoms with E-state index in [-0.39, 0.29) is 11.5 Å². The topological polar surface area (TPSA) is 101 Å². The van der Waals surface area contributed by atoms with Gasteiger partial charge in [0.1, 0.15) is 0 Å². The lowest BCUT2D eigenvalue weighted by molar-refractivity contribution is 0.102. The Kier molecular flexibility index (Phi) is 4.66. The van der Waals surface area contributed by atoms with Crippen LogP contribution in [-0.2, 0) is 0 Å². The molecule has 0 spiro atoms. The van der Waals surface area contributed by atoms with E-state index < -0.39 is 11.7 Å². The number of H-pyrrole nitrogens is 1. The fourth-order valence-electron chi connectivity index (χ4n) is 2.73. The molecule has 3 heterocycles. The number of nitrogens with one attached hydrogen (secondary N) is 3. The van der Waals surface area contributed by atoms with Crippen molar-refractivity contribution < 1.29 is 9.18 Å². The number of aromatic amines is 1. The van der Waals surface area contributed by atoms with Crippen molar-refractivity contribution in [3.63, 3.8) is 0 Å². The van der Waals surface area contributed by atoms with Gasteiger partial charge in [-0.25, -0.2) is 14.1 Å². The maximum atomic E-state index is 14.0. The van der Waals surface area contributed by atoms with Gasteiger partial charge >= 0.3 is 0 Å². The summed E-state index contributed by atoms with van der Waals surface area (Å²) < 4.78 is 15.3. The Balaban J connectivity index is 1.56. The van der Waals surface area contributed by atoms with Gasteiger partial charge in [-0.3, -0.25) is 4.79 Å². The lowest BCUT2D eigenvalue weighted by atomic mass is 10.2. The summed E-state index contributed by atoms with van der Waals surface area (Å²) in [4.78, 5) is 19.6. The van der Waals surface area contributed by atoms with E-state index >= 15 is 0 Å². The molecule has 0 atom stereocenters. The van der Waals surface area contributed by atoms with E-state index in [0.717, 1.165) is 10.9 Å². The average molecular weight is 400 g/mol. The second-order valence-electron chi connectivity index (χ2n) is 5.95. The molecule has 0 unspecified atom stereocenters. The molecule has 0 saturated carbocycles. The lowest BCUT2D eigenvalue weighted by Crippen LogP contribution is -2.12. The molecule has 142 valence electrons. The molecule has 0 bridgehead atoms. The van der Waals surface area contributed by atoms with Crippen molar-refractivity contribution in [3.8, 4) is 5.69 Å². The normalized spacial score (nSPS) is 11.0. The van der Waals surface area contributed by atoms with Gasteiger partial charge in [-0.05, 0) is 25.1 Å². The summed E-state index contributed by atoms with van der Waals surface area (Å²) in [5.74, 6) is -0.816. The first-order valence-electron chi connectivity index (χ1n) is 8.45. The van der Waals surface area contributed by atoms with Gasteiger partial charge in [0.2, 0.25) is 0 Å². The van der Waals surface area contributed by atoms with Gasteiger partial charge in [0.15, 0.2) is 17.3 Å². The molecule has 4 rings (SSSR count). The van der Waals surface area contributed by atoms with E-state index in [0.29, 0.717) is 22.9 Å². The van der Waals surface area contributed by atoms with Gasteiger partial charge in [0, 0.05) is 34.7 Å². The van der Waals surface area contributed by atoms with E-state index in [2.05, 4.69) is 30.9 Å². The number of pyridine rings is 1. The predicted molar refractivity (Wildman–Crippen MR) is 105 cm³/mol. The number of fused-ring (bicyclic) bond motifs is 1. The minimum Gasteiger partial charge on any atom is -0.368 e. The van der Waals surface area contributed by atoms with Crippen LogP contribution in [0.25, 0.3) is 16.6 Å². The molecule has 0 saturated heterocycles. The van der Waals surface area contributed by atoms with Gasteiger partial charge in [-0.2, -0.15) is 0 Å². The first-order valence-corrected chi connectivity index (χ1v) is 8.83. The zero-order valence-corrected chi connectivity index (χ0v) is 15.5. The number of halogens is 2. The number of carbonyl (C=O) groups excluding carboxylic acids is 1. The second kappa shape index (κ2) is 7.28. The van der Waals surface area contributed by atoms with Gasteiger partial charge in [0.25, 0.3) is 5.91 Å². The van der Waals surface area contributed by atoms with E-state index in [1.165, 1.54) is 23.1 Å². The van der Waals surface area contributed by atoms with Crippen LogP contribution in [0.1, 0.15) is 17.4 Å². The third kappa shape index (κ3) is 3.39. The van der Waals surface area contributed by atoms with Crippen molar-refractivity contribution in [2.45, 2.75) is 6.92 Å². The highest BCUT2D eigenvalue weighted by molar-refractivity contribution is 6.31. The Morgan fingerprint density at radius 3 is 3.00 bits per heavy atom. The van der Waals surface area contributed by atoms with Crippen molar-refractivity contribution in [2.24, 2.45) is 0 Å². The van der Waals surface area contributed by atoms with Gasteiger partial charge in [-0.1, -0.05) is 16.8 Å². The molecule has 3 aromatic heterocycles. The first-order chi connectivity index (χ1) is 13.5. The summed E-state index contributed by atoms with van der Waals surface area (Å²) in [5.41, 5.74) is 1.84. The molecule has 4 aromatic rings. The van der Waals surface area contributed by atoms with Crippen molar-refractivity contribution in [3.05, 3.63) is 59.4 Å². The Hall–Kier alpha value is -3.46. The highest BCUT2D eigenvalue weighted by Crippen LogP contribution is 2.26. The molecule has 0 aliphatic heterocycles. The summed E-state index contributed by atoms with van der Waals surface area (Å²) in [6, 6.07) is 6.59. The maximum Gasteiger partial charge on any atom is 0.277 e. The Morgan fingerprint density at radius 1 is 1.36 bits per heavy atom. The lowest BCUT2D eigenvalue weighted by Gasteiger charge is -2.05. The smallest absolute Gasteiger partial charge is 0.277 e. The predicted octanol–water partition coefficient (Wildman–Crippen LogP) is 3.62. The Labute approximate surface area is 163 Å². The number of rotatable bonds is 5. The van der Waals surface area contributed by atoms with Crippen LogP contribution in [0.3, 0.4) is 0 Å². The van der Waals surface area contributed by atoms with Crippen molar-refractivity contribution in [2.75, 3.05) is 17.2 Å². The molecule has 1 amide bonds. The number of hydrogen-bond acceptors (Lipinski definition) is 5. The molecule has 0 radical (unpaired) electrons. The van der Waals surface area contributed by atoms with E-state index in [1.54, 1.807) is 18.3 Å². The first kappa shape index (κ1) is 17.9. The molecule has 0 fully saturated rings. The van der Waals surface area contributed by atoms with E-state index in [1.807, 2.05) is 13.0 Å². The van der Waals surface area contributed by atoms with Crippen LogP contribution in [0.5, 0.6) is 0 Å². The molecule has 3 N–H and O–H groups in total. The monoisotopic (exact) mass is 399 g/mol. The summed E-state index contributed by atoms with van der Waals surface area (Å²) >= 11 is 6.02. The standard InChI is InChI=1S/C18H15ClFN7O/c1-2-21-17-13(20)6-11(7-23-17)27-9-16(25-26-27)18(28)24-15-8-22-14-4-3-10(19)5-12(14)15/h3-9,22H,2H2,1H3,(H,21,23)(H,24,28). The number of nitrogens with zero attached hydrogens (tertiary/aromatic N) is 4. The Morgan fingerprint density at radius 2 is 2.21 bits per heavy atom. The van der Waals surface area contributed by atoms with Crippen molar-refractivity contribution >= 4 is 39.9 Å². The van der Waals surface area contributed by atoms with E-state index in [4.69, 9.17) is 11.6 Å². The van der Waals surface area contributed by atoms with Crippen molar-refractivity contribution in [1.82, 2.24) is 25.0 Å². The van der Waals surface area contributed by atoms with Crippen LogP contribution in [0, 0.1) is 5.82 Å². The molecule has 10 heteroatoms. The number of amides is 1. The number of benzene rings is 1. The molecule has 28 heavy (non-hydrogen) atoms. The molecule has 8 nitrogen and oxygen atoms in total. The number of carbonyl (C=O) groups is 1. The SMILES string of the molecule is CCNc1ncc(-n2cc(C(=O)Nc3c[nH]c4ccc(Cl)cc34)nn2)cc1F. The minimum atomic E-state index is -0.517. The van der Waals surface area contributed by atoms with Gasteiger partial charge in [-0.15, -0.1) is 5.10 Å². The maximum absolute atomic E-state index is 14.0. The Bertz CT molecular complexity index is 1170. The molecule has 1 aromatic carbocycles. The minimum absolute atomic E-state index is 0.0764. The van der Waals surface area contributed by atoms with Crippen LogP contribution < -0.4 is 10.6 Å². The van der Waals surface area contributed by atoms with Crippen LogP contribution in [0.15, 0.2) is 42.9 Å². The summed E-state index contributed by atoms with van der Waals surface area (Å²) in [5, 5.41) is 14.7. The number of anilines is 2. The van der Waals surface area contributed by atoms with E-state index in [9.17, 15) is 9.18 Å². The molecular formula is C18H15ClFN7O. The largest absolute Gasteiger partial charge is 0.368 e. The number of aromatic nitrogens is 5. The van der Waals surface area contributed by atoms with Crippen LogP contribution in [-0.4, -0.2) is 37.4 Å². The van der Waals surface area contributed by atoms with Gasteiger partial charge in [0.05, 0.1) is 23.8 Å². The number of hydrogen-bond donors (Lipinski definition) is 3. The highest BCUT2D eigenvalue weighted by atomic mass is 35.5. The average Bonchev–Trinajstić information content (AvgIpc) is 3.31. The van der Waals surface area contributed by atoms with Crippen LogP contribution >= 0.6 is 11.6 Å². The molecular weight excluding hydrogens is 385 g/mol. The third-order valence-electron chi connectivity index (χ3n) is 4.05. The molecule has 0 aliphatic carbocycles.